The molecule has 0 unspecified atom stereocenters. The summed E-state index contributed by atoms with van der Waals surface area (Å²) < 4.78 is 3.72. The van der Waals surface area contributed by atoms with Crippen LogP contribution in [0.1, 0.15) is 46.1 Å². The lowest BCUT2D eigenvalue weighted by Crippen LogP contribution is -2.46. The average Bonchev–Trinajstić information content (AvgIpc) is 3.35. The third-order valence-electron chi connectivity index (χ3n) is 5.09. The first-order valence-corrected chi connectivity index (χ1v) is 9.02. The fourth-order valence-electron chi connectivity index (χ4n) is 3.43. The van der Waals surface area contributed by atoms with Crippen molar-refractivity contribution in [1.29, 1.82) is 0 Å². The molecule has 136 valence electrons. The molecule has 1 N–H and O–H groups in total. The molecule has 1 amide bonds. The Labute approximate surface area is 148 Å². The van der Waals surface area contributed by atoms with Crippen LogP contribution in [0.5, 0.6) is 0 Å². The van der Waals surface area contributed by atoms with Crippen LogP contribution >= 0.6 is 0 Å². The van der Waals surface area contributed by atoms with E-state index in [1.54, 1.807) is 18.9 Å². The molecule has 0 aromatic carbocycles. The molecule has 3 rings (SSSR count). The predicted molar refractivity (Wildman–Crippen MR) is 95.1 cm³/mol. The van der Waals surface area contributed by atoms with Crippen molar-refractivity contribution in [1.82, 2.24) is 29.4 Å². The molecule has 3 heterocycles. The Kier molecular flexibility index (Phi) is 5.47. The summed E-state index contributed by atoms with van der Waals surface area (Å²) in [5, 5.41) is 11.6. The minimum atomic E-state index is -0.198. The van der Waals surface area contributed by atoms with Gasteiger partial charge in [0.25, 0.3) is 0 Å². The number of amides is 1. The zero-order valence-corrected chi connectivity index (χ0v) is 15.2. The van der Waals surface area contributed by atoms with Crippen molar-refractivity contribution in [2.24, 2.45) is 0 Å². The molecule has 2 aromatic rings. The van der Waals surface area contributed by atoms with E-state index >= 15 is 0 Å². The van der Waals surface area contributed by atoms with E-state index < -0.39 is 0 Å². The lowest BCUT2D eigenvalue weighted by Gasteiger charge is -2.29. The maximum absolute atomic E-state index is 12.8. The van der Waals surface area contributed by atoms with Crippen LogP contribution < -0.4 is 5.32 Å². The highest BCUT2D eigenvalue weighted by Gasteiger charge is 2.32. The lowest BCUT2D eigenvalue weighted by atomic mass is 10.2. The summed E-state index contributed by atoms with van der Waals surface area (Å²) in [4.78, 5) is 19.0. The first kappa shape index (κ1) is 17.6. The van der Waals surface area contributed by atoms with Crippen molar-refractivity contribution in [3.63, 3.8) is 0 Å². The molecule has 8 nitrogen and oxygen atoms in total. The maximum Gasteiger partial charge on any atom is 0.242 e. The van der Waals surface area contributed by atoms with Gasteiger partial charge in [-0.05, 0) is 39.7 Å². The number of aromatic nitrogens is 5. The minimum absolute atomic E-state index is 0.00976. The second-order valence-corrected chi connectivity index (χ2v) is 6.73. The smallest absolute Gasteiger partial charge is 0.242 e. The van der Waals surface area contributed by atoms with Crippen LogP contribution in [0.25, 0.3) is 0 Å². The Bertz CT molecular complexity index is 681. The molecule has 1 fully saturated rings. The molecular formula is C17H27N7O. The summed E-state index contributed by atoms with van der Waals surface area (Å²) in [7, 11) is 0. The number of nitrogens with zero attached hydrogens (tertiary/aromatic N) is 6. The zero-order valence-electron chi connectivity index (χ0n) is 15.2. The average molecular weight is 345 g/mol. The Morgan fingerprint density at radius 1 is 1.40 bits per heavy atom. The van der Waals surface area contributed by atoms with Crippen LogP contribution in [0.3, 0.4) is 0 Å². The van der Waals surface area contributed by atoms with E-state index in [-0.39, 0.29) is 18.0 Å². The molecule has 3 atom stereocenters. The van der Waals surface area contributed by atoms with Crippen molar-refractivity contribution in [2.45, 2.75) is 64.7 Å². The van der Waals surface area contributed by atoms with Crippen LogP contribution in [-0.2, 0) is 11.3 Å². The fourth-order valence-corrected chi connectivity index (χ4v) is 3.43. The van der Waals surface area contributed by atoms with E-state index in [1.165, 1.54) is 0 Å². The van der Waals surface area contributed by atoms with Gasteiger partial charge in [-0.1, -0.05) is 6.92 Å². The monoisotopic (exact) mass is 345 g/mol. The van der Waals surface area contributed by atoms with E-state index in [2.05, 4.69) is 39.2 Å². The van der Waals surface area contributed by atoms with Crippen LogP contribution in [-0.4, -0.2) is 54.0 Å². The van der Waals surface area contributed by atoms with Crippen LogP contribution in [0, 0.1) is 0 Å². The number of likely N-dealkylation sites (tertiary alicyclic amines) is 1. The fraction of sp³-hybridized carbons (Fsp3) is 0.647. The molecule has 1 saturated heterocycles. The molecule has 25 heavy (non-hydrogen) atoms. The van der Waals surface area contributed by atoms with Crippen molar-refractivity contribution < 1.29 is 4.79 Å². The van der Waals surface area contributed by atoms with Crippen molar-refractivity contribution in [3.05, 3.63) is 24.9 Å². The summed E-state index contributed by atoms with van der Waals surface area (Å²) >= 11 is 0. The van der Waals surface area contributed by atoms with Gasteiger partial charge in [0.05, 0.1) is 24.8 Å². The summed E-state index contributed by atoms with van der Waals surface area (Å²) in [6.07, 6.45) is 8.14. The Balaban J connectivity index is 1.64. The highest BCUT2D eigenvalue weighted by molar-refractivity contribution is 5.93. The number of carbonyl (C=O) groups is 1. The van der Waals surface area contributed by atoms with Gasteiger partial charge in [0, 0.05) is 12.1 Å². The molecule has 1 aliphatic heterocycles. The van der Waals surface area contributed by atoms with Gasteiger partial charge < -0.3 is 5.32 Å². The highest BCUT2D eigenvalue weighted by Crippen LogP contribution is 2.23. The Morgan fingerprint density at radius 3 is 2.96 bits per heavy atom. The molecule has 0 aliphatic carbocycles. The molecule has 0 radical (unpaired) electrons. The molecular weight excluding hydrogens is 318 g/mol. The standard InChI is InChI=1S/C17H27N7O/c1-4-13(2)24-16(7-8-19-24)21-17(25)14(3)23-9-5-6-15(23)10-22-12-18-11-20-22/h7-8,11-15H,4-6,9-10H2,1-3H3,(H,21,25)/t13-,14+,15+/m0/s1. The van der Waals surface area contributed by atoms with Crippen LogP contribution in [0.15, 0.2) is 24.9 Å². The number of nitrogens with one attached hydrogen (secondary N) is 1. The van der Waals surface area contributed by atoms with E-state index in [0.29, 0.717) is 6.04 Å². The molecule has 2 aromatic heterocycles. The van der Waals surface area contributed by atoms with Gasteiger partial charge in [-0.25, -0.2) is 9.67 Å². The predicted octanol–water partition coefficient (Wildman–Crippen LogP) is 1.94. The van der Waals surface area contributed by atoms with Gasteiger partial charge in [-0.15, -0.1) is 0 Å². The minimum Gasteiger partial charge on any atom is -0.310 e. The van der Waals surface area contributed by atoms with Gasteiger partial charge in [0.15, 0.2) is 0 Å². The van der Waals surface area contributed by atoms with Crippen molar-refractivity contribution >= 4 is 11.7 Å². The highest BCUT2D eigenvalue weighted by atomic mass is 16.2. The van der Waals surface area contributed by atoms with Gasteiger partial charge in [-0.2, -0.15) is 10.2 Å². The van der Waals surface area contributed by atoms with Gasteiger partial charge >= 0.3 is 0 Å². The number of hydrogen-bond acceptors (Lipinski definition) is 5. The first-order valence-electron chi connectivity index (χ1n) is 9.02. The molecule has 0 bridgehead atoms. The van der Waals surface area contributed by atoms with Crippen LogP contribution in [0.4, 0.5) is 5.82 Å². The number of hydrogen-bond donors (Lipinski definition) is 1. The molecule has 0 spiro atoms. The summed E-state index contributed by atoms with van der Waals surface area (Å²) in [6.45, 7) is 7.88. The second kappa shape index (κ2) is 7.77. The number of rotatable bonds is 7. The number of anilines is 1. The van der Waals surface area contributed by atoms with Gasteiger partial charge in [0.2, 0.25) is 5.91 Å². The van der Waals surface area contributed by atoms with E-state index in [1.807, 2.05) is 22.4 Å². The molecule has 1 aliphatic rings. The Hall–Kier alpha value is -2.22. The van der Waals surface area contributed by atoms with Crippen molar-refractivity contribution in [3.8, 4) is 0 Å². The largest absolute Gasteiger partial charge is 0.310 e. The normalized spacial score (nSPS) is 20.5. The van der Waals surface area contributed by atoms with E-state index in [4.69, 9.17) is 0 Å². The quantitative estimate of drug-likeness (QED) is 0.829. The summed E-state index contributed by atoms with van der Waals surface area (Å²) in [5.74, 6) is 0.772. The van der Waals surface area contributed by atoms with E-state index in [9.17, 15) is 4.79 Å². The van der Waals surface area contributed by atoms with Crippen LogP contribution in [0.2, 0.25) is 0 Å². The lowest BCUT2D eigenvalue weighted by molar-refractivity contribution is -0.121. The maximum atomic E-state index is 12.8. The number of carbonyl (C=O) groups excluding carboxylic acids is 1. The third-order valence-corrected chi connectivity index (χ3v) is 5.09. The van der Waals surface area contributed by atoms with Gasteiger partial charge in [-0.3, -0.25) is 14.4 Å². The van der Waals surface area contributed by atoms with Crippen molar-refractivity contribution in [2.75, 3.05) is 11.9 Å². The topological polar surface area (TPSA) is 80.9 Å². The SMILES string of the molecule is CC[C@H](C)n1nccc1NC(=O)[C@@H](C)N1CCC[C@@H]1Cn1cncn1. The summed E-state index contributed by atoms with van der Waals surface area (Å²) in [6, 6.07) is 2.22. The first-order chi connectivity index (χ1) is 12.1. The zero-order chi connectivity index (χ0) is 17.8. The molecule has 8 heteroatoms. The van der Waals surface area contributed by atoms with E-state index in [0.717, 1.165) is 38.2 Å². The second-order valence-electron chi connectivity index (χ2n) is 6.73. The third kappa shape index (κ3) is 3.89. The molecule has 0 saturated carbocycles. The Morgan fingerprint density at radius 2 is 2.24 bits per heavy atom. The summed E-state index contributed by atoms with van der Waals surface area (Å²) in [5.41, 5.74) is 0. The van der Waals surface area contributed by atoms with Gasteiger partial charge in [0.1, 0.15) is 18.5 Å².